The van der Waals surface area contributed by atoms with Crippen molar-refractivity contribution in [2.24, 2.45) is 0 Å². The number of nitrogens with zero attached hydrogens (tertiary/aromatic N) is 1. The largest absolute Gasteiger partial charge is 0.354 e. The summed E-state index contributed by atoms with van der Waals surface area (Å²) in [5.41, 5.74) is -0.662. The van der Waals surface area contributed by atoms with Crippen LogP contribution in [0.5, 0.6) is 0 Å². The maximum Gasteiger partial charge on any atom is 0.230 e. The summed E-state index contributed by atoms with van der Waals surface area (Å²) < 4.78 is 50.1. The summed E-state index contributed by atoms with van der Waals surface area (Å²) >= 11 is 0. The number of hydrogen-bond acceptors (Lipinski definition) is 4. The van der Waals surface area contributed by atoms with Gasteiger partial charge in [0.05, 0.1) is 16.9 Å². The van der Waals surface area contributed by atoms with E-state index in [2.05, 4.69) is 5.32 Å². The van der Waals surface area contributed by atoms with Gasteiger partial charge in [0.1, 0.15) is 11.6 Å². The van der Waals surface area contributed by atoms with Crippen molar-refractivity contribution in [3.8, 4) is 0 Å². The van der Waals surface area contributed by atoms with Gasteiger partial charge in [0.2, 0.25) is 5.91 Å². The highest BCUT2D eigenvalue weighted by Crippen LogP contribution is 2.45. The molecule has 8 heteroatoms. The van der Waals surface area contributed by atoms with Crippen LogP contribution in [0.1, 0.15) is 24.8 Å². The number of amides is 1. The third kappa shape index (κ3) is 3.84. The highest BCUT2D eigenvalue weighted by molar-refractivity contribution is 7.91. The minimum Gasteiger partial charge on any atom is -0.354 e. The Bertz CT molecular complexity index is 749. The Morgan fingerprint density at radius 1 is 1.20 bits per heavy atom. The Morgan fingerprint density at radius 3 is 2.44 bits per heavy atom. The maximum absolute atomic E-state index is 14.1. The van der Waals surface area contributed by atoms with Crippen molar-refractivity contribution in [2.75, 3.05) is 37.7 Å². The summed E-state index contributed by atoms with van der Waals surface area (Å²) in [7, 11) is -2.92. The fraction of sp³-hybridized carbons (Fsp3) is 0.588. The molecule has 2 aliphatic rings. The Labute approximate surface area is 146 Å². The third-order valence-electron chi connectivity index (χ3n) is 5.24. The lowest BCUT2D eigenvalue weighted by atomic mass is 9.63. The lowest BCUT2D eigenvalue weighted by Gasteiger charge is -2.41. The number of carbonyl (C=O) groups is 1. The minimum absolute atomic E-state index is 0.145. The van der Waals surface area contributed by atoms with Gasteiger partial charge in [-0.25, -0.2) is 17.2 Å². The third-order valence-corrected chi connectivity index (χ3v) is 6.85. The van der Waals surface area contributed by atoms with Crippen molar-refractivity contribution in [1.29, 1.82) is 0 Å². The van der Waals surface area contributed by atoms with Crippen molar-refractivity contribution in [1.82, 2.24) is 10.2 Å². The molecule has 25 heavy (non-hydrogen) atoms. The Balaban J connectivity index is 1.58. The maximum atomic E-state index is 14.1. The molecule has 2 fully saturated rings. The molecule has 0 unspecified atom stereocenters. The van der Waals surface area contributed by atoms with Gasteiger partial charge in [-0.05, 0) is 18.9 Å². The monoisotopic (exact) mass is 372 g/mol. The van der Waals surface area contributed by atoms with E-state index in [-0.39, 0.29) is 23.0 Å². The first-order chi connectivity index (χ1) is 11.8. The van der Waals surface area contributed by atoms with Crippen LogP contribution in [0, 0.1) is 11.6 Å². The van der Waals surface area contributed by atoms with E-state index < -0.39 is 26.9 Å². The minimum atomic E-state index is -2.92. The number of hydrogen-bond donors (Lipinski definition) is 1. The Hall–Kier alpha value is -1.54. The van der Waals surface area contributed by atoms with Gasteiger partial charge in [-0.15, -0.1) is 0 Å². The summed E-state index contributed by atoms with van der Waals surface area (Å²) in [6, 6.07) is 3.36. The van der Waals surface area contributed by atoms with Gasteiger partial charge < -0.3 is 5.32 Å². The van der Waals surface area contributed by atoms with Gasteiger partial charge in [-0.3, -0.25) is 9.69 Å². The second-order valence-electron chi connectivity index (χ2n) is 6.81. The molecule has 0 radical (unpaired) electrons. The molecule has 1 aromatic carbocycles. The summed E-state index contributed by atoms with van der Waals surface area (Å²) in [6.07, 6.45) is 1.92. The SMILES string of the molecule is O=C(NCCN1CCS(=O)(=O)CC1)C1(c2ccc(F)cc2F)CCC1. The predicted molar refractivity (Wildman–Crippen MR) is 90.0 cm³/mol. The molecule has 1 saturated heterocycles. The molecule has 5 nitrogen and oxygen atoms in total. The fourth-order valence-corrected chi connectivity index (χ4v) is 4.77. The highest BCUT2D eigenvalue weighted by Gasteiger charge is 2.47. The first-order valence-electron chi connectivity index (χ1n) is 8.49. The van der Waals surface area contributed by atoms with E-state index in [4.69, 9.17) is 0 Å². The molecule has 1 heterocycles. The molecule has 1 amide bonds. The van der Waals surface area contributed by atoms with Crippen LogP contribution < -0.4 is 5.32 Å². The van der Waals surface area contributed by atoms with E-state index in [0.717, 1.165) is 12.5 Å². The molecule has 3 rings (SSSR count). The van der Waals surface area contributed by atoms with E-state index in [1.165, 1.54) is 12.1 Å². The van der Waals surface area contributed by atoms with Crippen molar-refractivity contribution < 1.29 is 22.0 Å². The molecular weight excluding hydrogens is 350 g/mol. The molecule has 1 aliphatic carbocycles. The smallest absolute Gasteiger partial charge is 0.230 e. The second-order valence-corrected chi connectivity index (χ2v) is 9.11. The van der Waals surface area contributed by atoms with E-state index >= 15 is 0 Å². The molecule has 1 aliphatic heterocycles. The average molecular weight is 372 g/mol. The van der Waals surface area contributed by atoms with Gasteiger partial charge in [0.15, 0.2) is 9.84 Å². The summed E-state index contributed by atoms with van der Waals surface area (Å²) in [5, 5.41) is 2.84. The molecular formula is C17H22F2N2O3S. The van der Waals surface area contributed by atoms with Crippen LogP contribution in [-0.4, -0.2) is 56.9 Å². The molecule has 1 N–H and O–H groups in total. The first-order valence-corrected chi connectivity index (χ1v) is 10.3. The zero-order valence-corrected chi connectivity index (χ0v) is 14.7. The van der Waals surface area contributed by atoms with Crippen LogP contribution in [0.15, 0.2) is 18.2 Å². The molecule has 0 atom stereocenters. The lowest BCUT2D eigenvalue weighted by molar-refractivity contribution is -0.130. The normalized spacial score (nSPS) is 22.2. The quantitative estimate of drug-likeness (QED) is 0.844. The Morgan fingerprint density at radius 2 is 1.88 bits per heavy atom. The summed E-state index contributed by atoms with van der Waals surface area (Å²) in [6.45, 7) is 1.87. The van der Waals surface area contributed by atoms with Crippen LogP contribution in [0.3, 0.4) is 0 Å². The first kappa shape index (κ1) is 18.3. The van der Waals surface area contributed by atoms with Crippen molar-refractivity contribution in [2.45, 2.75) is 24.7 Å². The highest BCUT2D eigenvalue weighted by atomic mass is 32.2. The number of sulfone groups is 1. The number of nitrogens with one attached hydrogen (secondary N) is 1. The van der Waals surface area contributed by atoms with Gasteiger partial charge in [0, 0.05) is 37.8 Å². The topological polar surface area (TPSA) is 66.5 Å². The molecule has 0 aromatic heterocycles. The van der Waals surface area contributed by atoms with Crippen molar-refractivity contribution in [3.63, 3.8) is 0 Å². The number of benzene rings is 1. The standard InChI is InChI=1S/C17H22F2N2O3S/c18-13-2-3-14(15(19)12-13)17(4-1-5-17)16(22)20-6-7-21-8-10-25(23,24)11-9-21/h2-3,12H,1,4-11H2,(H,20,22). The van der Waals surface area contributed by atoms with Crippen molar-refractivity contribution in [3.05, 3.63) is 35.4 Å². The number of halogens is 2. The van der Waals surface area contributed by atoms with Crippen LogP contribution >= 0.6 is 0 Å². The molecule has 1 saturated carbocycles. The van der Waals surface area contributed by atoms with Crippen LogP contribution in [0.4, 0.5) is 8.78 Å². The van der Waals surface area contributed by atoms with Crippen LogP contribution in [-0.2, 0) is 20.0 Å². The molecule has 0 bridgehead atoms. The summed E-state index contributed by atoms with van der Waals surface area (Å²) in [5.74, 6) is -1.29. The number of rotatable bonds is 5. The van der Waals surface area contributed by atoms with E-state index in [9.17, 15) is 22.0 Å². The lowest BCUT2D eigenvalue weighted by Crippen LogP contribution is -2.51. The molecule has 1 aromatic rings. The zero-order chi connectivity index (χ0) is 18.1. The predicted octanol–water partition coefficient (Wildman–Crippen LogP) is 1.23. The molecule has 0 spiro atoms. The van der Waals surface area contributed by atoms with Gasteiger partial charge in [0.25, 0.3) is 0 Å². The van der Waals surface area contributed by atoms with Gasteiger partial charge in [-0.2, -0.15) is 0 Å². The van der Waals surface area contributed by atoms with E-state index in [0.29, 0.717) is 39.0 Å². The van der Waals surface area contributed by atoms with E-state index in [1.54, 1.807) is 0 Å². The van der Waals surface area contributed by atoms with Gasteiger partial charge >= 0.3 is 0 Å². The van der Waals surface area contributed by atoms with Gasteiger partial charge in [-0.1, -0.05) is 12.5 Å². The van der Waals surface area contributed by atoms with E-state index in [1.807, 2.05) is 4.90 Å². The van der Waals surface area contributed by atoms with Crippen LogP contribution in [0.25, 0.3) is 0 Å². The summed E-state index contributed by atoms with van der Waals surface area (Å²) in [4.78, 5) is 14.6. The Kier molecular flexibility index (Phi) is 5.11. The number of carbonyl (C=O) groups excluding carboxylic acids is 1. The average Bonchev–Trinajstić information content (AvgIpc) is 2.50. The fourth-order valence-electron chi connectivity index (χ4n) is 3.50. The van der Waals surface area contributed by atoms with Crippen LogP contribution in [0.2, 0.25) is 0 Å². The molecule has 138 valence electrons. The van der Waals surface area contributed by atoms with Crippen molar-refractivity contribution >= 4 is 15.7 Å². The zero-order valence-electron chi connectivity index (χ0n) is 13.9. The second kappa shape index (κ2) is 6.99.